The van der Waals surface area contributed by atoms with Crippen LogP contribution in [0.25, 0.3) is 0 Å². The Morgan fingerprint density at radius 1 is 1.08 bits per heavy atom. The first kappa shape index (κ1) is 28.8. The van der Waals surface area contributed by atoms with Gasteiger partial charge in [-0.2, -0.15) is 13.2 Å². The number of carbonyl (C=O) groups is 2. The number of rotatable bonds is 8. The molecule has 0 aliphatic heterocycles. The van der Waals surface area contributed by atoms with Crippen LogP contribution < -0.4 is 9.64 Å². The Labute approximate surface area is 220 Å². The fraction of sp³-hybridized carbons (Fsp3) is 0.500. The Balaban J connectivity index is 1.98. The molecule has 3 rings (SSSR count). The van der Waals surface area contributed by atoms with Gasteiger partial charge >= 0.3 is 12.1 Å². The monoisotopic (exact) mass is 539 g/mol. The van der Waals surface area contributed by atoms with Crippen molar-refractivity contribution >= 4 is 29.2 Å². The zero-order chi connectivity index (χ0) is 27.3. The zero-order valence-electron chi connectivity index (χ0n) is 21.5. The number of anilines is 1. The maximum atomic E-state index is 13.7. The average Bonchev–Trinajstić information content (AvgIpc) is 2.88. The number of halogens is 4. The minimum absolute atomic E-state index is 0.00730. The molecule has 1 aliphatic carbocycles. The van der Waals surface area contributed by atoms with Gasteiger partial charge in [0.2, 0.25) is 5.91 Å². The Bertz CT molecular complexity index is 1110. The fourth-order valence-corrected chi connectivity index (χ4v) is 4.99. The predicted molar refractivity (Wildman–Crippen MR) is 137 cm³/mol. The van der Waals surface area contributed by atoms with Crippen LogP contribution in [0.15, 0.2) is 36.4 Å². The molecule has 1 saturated carbocycles. The van der Waals surface area contributed by atoms with Gasteiger partial charge < -0.3 is 14.4 Å². The number of carbonyl (C=O) groups excluding carboxylic acids is 2. The number of methoxy groups -OCH3 is 1. The summed E-state index contributed by atoms with van der Waals surface area (Å²) in [5.41, 5.74) is -0.303. The zero-order valence-corrected chi connectivity index (χ0v) is 22.3. The van der Waals surface area contributed by atoms with E-state index in [4.69, 9.17) is 21.1 Å². The molecule has 0 saturated heterocycles. The maximum absolute atomic E-state index is 13.7. The van der Waals surface area contributed by atoms with Crippen molar-refractivity contribution in [2.75, 3.05) is 12.0 Å². The summed E-state index contributed by atoms with van der Waals surface area (Å²) in [4.78, 5) is 27.9. The minimum atomic E-state index is -4.67. The number of amides is 1. The first-order valence-corrected chi connectivity index (χ1v) is 13.0. The first-order valence-electron chi connectivity index (χ1n) is 12.5. The van der Waals surface area contributed by atoms with E-state index in [0.717, 1.165) is 38.2 Å². The molecule has 1 amide bonds. The highest BCUT2D eigenvalue weighted by Gasteiger charge is 2.36. The summed E-state index contributed by atoms with van der Waals surface area (Å²) in [6.07, 6.45) is -0.0334. The predicted octanol–water partition coefficient (Wildman–Crippen LogP) is 7.98. The van der Waals surface area contributed by atoms with Crippen molar-refractivity contribution in [3.05, 3.63) is 53.1 Å². The molecule has 0 atom stereocenters. The molecule has 0 N–H and O–H groups in total. The standard InChI is InChI=1S/C28H33ClF3NO4/c1-5-18-6-9-20(10-7-18)26(34)33(17(2)3)24-12-11-21(15-22(24)27(35)36-4)37-25-13-8-19(16-29)14-23(25)28(30,31)32/h8,11-15,17-18,20H,5-7,9-10,16H2,1-4H3. The van der Waals surface area contributed by atoms with E-state index in [9.17, 15) is 22.8 Å². The molecular formula is C28H33ClF3NO4. The van der Waals surface area contributed by atoms with Crippen LogP contribution in [0, 0.1) is 11.8 Å². The van der Waals surface area contributed by atoms with E-state index in [1.807, 2.05) is 13.8 Å². The molecule has 2 aromatic carbocycles. The van der Waals surface area contributed by atoms with Crippen LogP contribution in [-0.4, -0.2) is 25.0 Å². The average molecular weight is 540 g/mol. The third-order valence-electron chi connectivity index (χ3n) is 6.89. The van der Waals surface area contributed by atoms with E-state index in [1.54, 1.807) is 4.90 Å². The summed E-state index contributed by atoms with van der Waals surface area (Å²) in [6.45, 7) is 5.87. The highest BCUT2D eigenvalue weighted by molar-refractivity contribution is 6.17. The molecule has 9 heteroatoms. The normalized spacial score (nSPS) is 18.0. The molecule has 0 aromatic heterocycles. The highest BCUT2D eigenvalue weighted by atomic mass is 35.5. The number of hydrogen-bond donors (Lipinski definition) is 0. The van der Waals surface area contributed by atoms with E-state index in [0.29, 0.717) is 17.2 Å². The molecule has 5 nitrogen and oxygen atoms in total. The van der Waals surface area contributed by atoms with Crippen molar-refractivity contribution < 1.29 is 32.2 Å². The van der Waals surface area contributed by atoms with Gasteiger partial charge in [0.25, 0.3) is 0 Å². The molecule has 1 aliphatic rings. The molecule has 0 unspecified atom stereocenters. The Hall–Kier alpha value is -2.74. The second-order valence-electron chi connectivity index (χ2n) is 9.66. The topological polar surface area (TPSA) is 55.8 Å². The van der Waals surface area contributed by atoms with Crippen molar-refractivity contribution in [1.82, 2.24) is 0 Å². The number of hydrogen-bond acceptors (Lipinski definition) is 4. The lowest BCUT2D eigenvalue weighted by molar-refractivity contribution is -0.138. The van der Waals surface area contributed by atoms with E-state index in [1.165, 1.54) is 37.4 Å². The second kappa shape index (κ2) is 12.2. The van der Waals surface area contributed by atoms with Gasteiger partial charge in [0.1, 0.15) is 11.5 Å². The van der Waals surface area contributed by atoms with Crippen LogP contribution in [0.2, 0.25) is 0 Å². The lowest BCUT2D eigenvalue weighted by Gasteiger charge is -2.35. The summed E-state index contributed by atoms with van der Waals surface area (Å²) in [5.74, 6) is -0.812. The Morgan fingerprint density at radius 2 is 1.76 bits per heavy atom. The van der Waals surface area contributed by atoms with Crippen molar-refractivity contribution in [2.24, 2.45) is 11.8 Å². The molecule has 0 spiro atoms. The quantitative estimate of drug-likeness (QED) is 0.252. The molecule has 2 aromatic rings. The van der Waals surface area contributed by atoms with E-state index in [2.05, 4.69) is 6.92 Å². The molecule has 37 heavy (non-hydrogen) atoms. The van der Waals surface area contributed by atoms with Gasteiger partial charge in [-0.15, -0.1) is 11.6 Å². The largest absolute Gasteiger partial charge is 0.465 e. The van der Waals surface area contributed by atoms with Crippen LogP contribution in [-0.2, 0) is 21.6 Å². The lowest BCUT2D eigenvalue weighted by Crippen LogP contribution is -2.43. The molecule has 202 valence electrons. The van der Waals surface area contributed by atoms with Crippen LogP contribution in [0.1, 0.15) is 74.4 Å². The lowest BCUT2D eigenvalue weighted by atomic mass is 9.80. The summed E-state index contributed by atoms with van der Waals surface area (Å²) in [6, 6.07) is 7.61. The first-order chi connectivity index (χ1) is 17.5. The number of alkyl halides is 4. The fourth-order valence-electron chi connectivity index (χ4n) is 4.83. The molecule has 0 heterocycles. The molecular weight excluding hydrogens is 507 g/mol. The van der Waals surface area contributed by atoms with Crippen LogP contribution >= 0.6 is 11.6 Å². The number of ether oxygens (including phenoxy) is 2. The van der Waals surface area contributed by atoms with E-state index >= 15 is 0 Å². The smallest absolute Gasteiger partial charge is 0.419 e. The van der Waals surface area contributed by atoms with Gasteiger partial charge in [-0.3, -0.25) is 4.79 Å². The Morgan fingerprint density at radius 3 is 2.30 bits per heavy atom. The molecule has 0 radical (unpaired) electrons. The Kier molecular flexibility index (Phi) is 9.51. The van der Waals surface area contributed by atoms with Gasteiger partial charge in [-0.05, 0) is 81.3 Å². The van der Waals surface area contributed by atoms with Gasteiger partial charge in [0.15, 0.2) is 0 Å². The SMILES string of the molecule is CCC1CCC(C(=O)N(c2ccc(Oc3ccc(CCl)cc3C(F)(F)F)cc2C(=O)OC)C(C)C)CC1. The van der Waals surface area contributed by atoms with E-state index < -0.39 is 23.5 Å². The highest BCUT2D eigenvalue weighted by Crippen LogP contribution is 2.40. The van der Waals surface area contributed by atoms with Crippen molar-refractivity contribution in [3.8, 4) is 11.5 Å². The van der Waals surface area contributed by atoms with Gasteiger partial charge in [0.05, 0.1) is 23.9 Å². The third-order valence-corrected chi connectivity index (χ3v) is 7.20. The van der Waals surface area contributed by atoms with Gasteiger partial charge in [-0.25, -0.2) is 4.79 Å². The van der Waals surface area contributed by atoms with Gasteiger partial charge in [-0.1, -0.05) is 19.4 Å². The van der Waals surface area contributed by atoms with Crippen LogP contribution in [0.5, 0.6) is 11.5 Å². The number of esters is 1. The van der Waals surface area contributed by atoms with E-state index in [-0.39, 0.29) is 35.1 Å². The van der Waals surface area contributed by atoms with Crippen molar-refractivity contribution in [1.29, 1.82) is 0 Å². The second-order valence-corrected chi connectivity index (χ2v) is 9.93. The third kappa shape index (κ3) is 6.78. The van der Waals surface area contributed by atoms with Crippen LogP contribution in [0.4, 0.5) is 18.9 Å². The minimum Gasteiger partial charge on any atom is -0.465 e. The van der Waals surface area contributed by atoms with Crippen molar-refractivity contribution in [2.45, 2.75) is 71.0 Å². The molecule has 1 fully saturated rings. The van der Waals surface area contributed by atoms with Crippen LogP contribution in [0.3, 0.4) is 0 Å². The summed E-state index contributed by atoms with van der Waals surface area (Å²) in [7, 11) is 1.21. The summed E-state index contributed by atoms with van der Waals surface area (Å²) >= 11 is 5.71. The summed E-state index contributed by atoms with van der Waals surface area (Å²) in [5, 5.41) is 0. The number of benzene rings is 2. The number of nitrogens with zero attached hydrogens (tertiary/aromatic N) is 1. The molecule has 0 bridgehead atoms. The maximum Gasteiger partial charge on any atom is 0.419 e. The van der Waals surface area contributed by atoms with Gasteiger partial charge in [0, 0.05) is 17.8 Å². The summed E-state index contributed by atoms with van der Waals surface area (Å²) < 4.78 is 51.5. The van der Waals surface area contributed by atoms with Crippen molar-refractivity contribution in [3.63, 3.8) is 0 Å².